The van der Waals surface area contributed by atoms with Crippen molar-refractivity contribution in [1.82, 2.24) is 4.98 Å². The zero-order valence-corrected chi connectivity index (χ0v) is 14.0. The molecule has 2 nitrogen and oxygen atoms in total. The van der Waals surface area contributed by atoms with Gasteiger partial charge in [-0.25, -0.2) is 0 Å². The van der Waals surface area contributed by atoms with Gasteiger partial charge in [-0.2, -0.15) is 0 Å². The lowest BCUT2D eigenvalue weighted by molar-refractivity contribution is 0.353. The number of nitrogens with one attached hydrogen (secondary N) is 1. The van der Waals surface area contributed by atoms with Gasteiger partial charge in [0.1, 0.15) is 0 Å². The molecular formula is C22H22N2. The van der Waals surface area contributed by atoms with Crippen LogP contribution in [0.15, 0.2) is 48.5 Å². The van der Waals surface area contributed by atoms with E-state index in [9.17, 15) is 0 Å². The van der Waals surface area contributed by atoms with Crippen molar-refractivity contribution >= 4 is 22.3 Å². The molecule has 0 atom stereocenters. The molecule has 24 heavy (non-hydrogen) atoms. The Morgan fingerprint density at radius 3 is 2.46 bits per heavy atom. The second-order valence-corrected chi connectivity index (χ2v) is 7.35. The van der Waals surface area contributed by atoms with Gasteiger partial charge in [0.05, 0.1) is 11.2 Å². The van der Waals surface area contributed by atoms with Crippen molar-refractivity contribution in [2.24, 2.45) is 0 Å². The summed E-state index contributed by atoms with van der Waals surface area (Å²) in [6, 6.07) is 17.2. The van der Waals surface area contributed by atoms with Crippen molar-refractivity contribution in [3.05, 3.63) is 65.4 Å². The summed E-state index contributed by atoms with van der Waals surface area (Å²) >= 11 is 0. The molecule has 0 unspecified atom stereocenters. The molecule has 0 spiro atoms. The van der Waals surface area contributed by atoms with Crippen molar-refractivity contribution in [2.45, 2.75) is 44.4 Å². The number of hydrogen-bond donors (Lipinski definition) is 1. The number of hydrogen-bond acceptors (Lipinski definition) is 2. The van der Waals surface area contributed by atoms with Crippen LogP contribution in [0.2, 0.25) is 0 Å². The van der Waals surface area contributed by atoms with Crippen LogP contribution in [0.1, 0.15) is 54.3 Å². The molecule has 6 rings (SSSR count). The van der Waals surface area contributed by atoms with E-state index in [-0.39, 0.29) is 0 Å². The molecule has 1 aromatic heterocycles. The van der Waals surface area contributed by atoms with Crippen molar-refractivity contribution in [3.8, 4) is 0 Å². The number of para-hydroxylation sites is 1. The third-order valence-corrected chi connectivity index (χ3v) is 5.77. The molecule has 1 saturated carbocycles. The molecule has 0 radical (unpaired) electrons. The third-order valence-electron chi connectivity index (χ3n) is 5.77. The number of fused-ring (bicyclic) bond motifs is 3. The molecule has 0 amide bonds. The summed E-state index contributed by atoms with van der Waals surface area (Å²) in [7, 11) is 0. The largest absolute Gasteiger partial charge is 0.355 e. The van der Waals surface area contributed by atoms with Crippen molar-refractivity contribution in [3.63, 3.8) is 0 Å². The third kappa shape index (κ3) is 2.13. The lowest BCUT2D eigenvalue weighted by atomic mass is 9.68. The smallest absolute Gasteiger partial charge is 0.0726 e. The first kappa shape index (κ1) is 14.0. The van der Waals surface area contributed by atoms with Gasteiger partial charge < -0.3 is 5.32 Å². The minimum atomic E-state index is 0.659. The van der Waals surface area contributed by atoms with Crippen LogP contribution in [0, 0.1) is 6.92 Å². The molecule has 0 aliphatic heterocycles. The molecular weight excluding hydrogens is 292 g/mol. The number of rotatable bonds is 2. The van der Waals surface area contributed by atoms with Crippen molar-refractivity contribution in [1.29, 1.82) is 0 Å². The van der Waals surface area contributed by atoms with E-state index in [0.717, 1.165) is 11.2 Å². The molecule has 2 bridgehead atoms. The van der Waals surface area contributed by atoms with Crippen LogP contribution in [-0.4, -0.2) is 4.98 Å². The first-order chi connectivity index (χ1) is 11.8. The fourth-order valence-corrected chi connectivity index (χ4v) is 4.59. The molecule has 2 heteroatoms. The van der Waals surface area contributed by atoms with Crippen LogP contribution in [0.5, 0.6) is 0 Å². The quantitative estimate of drug-likeness (QED) is 0.623. The number of aryl methyl sites for hydroxylation is 1. The lowest BCUT2D eigenvalue weighted by Crippen LogP contribution is -2.24. The van der Waals surface area contributed by atoms with Gasteiger partial charge in [-0.15, -0.1) is 0 Å². The van der Waals surface area contributed by atoms with Gasteiger partial charge in [-0.3, -0.25) is 4.98 Å². The second kappa shape index (κ2) is 5.34. The number of anilines is 2. The first-order valence-corrected chi connectivity index (χ1v) is 9.06. The van der Waals surface area contributed by atoms with E-state index in [1.54, 1.807) is 0 Å². The summed E-state index contributed by atoms with van der Waals surface area (Å²) in [5.74, 6) is 1.33. The highest BCUT2D eigenvalue weighted by Gasteiger charge is 2.36. The topological polar surface area (TPSA) is 24.9 Å². The number of benzene rings is 2. The maximum absolute atomic E-state index is 5.10. The summed E-state index contributed by atoms with van der Waals surface area (Å²) in [6.45, 7) is 2.16. The highest BCUT2D eigenvalue weighted by atomic mass is 14.9. The fourth-order valence-electron chi connectivity index (χ4n) is 4.59. The Balaban J connectivity index is 1.78. The monoisotopic (exact) mass is 314 g/mol. The molecule has 0 saturated heterocycles. The van der Waals surface area contributed by atoms with Gasteiger partial charge in [-0.05, 0) is 62.8 Å². The molecule has 2 aromatic carbocycles. The number of nitrogens with zero attached hydrogens (tertiary/aromatic N) is 1. The lowest BCUT2D eigenvalue weighted by Gasteiger charge is -2.39. The molecule has 3 aliphatic carbocycles. The Hall–Kier alpha value is -2.35. The summed E-state index contributed by atoms with van der Waals surface area (Å²) < 4.78 is 0. The zero-order valence-electron chi connectivity index (χ0n) is 14.0. The van der Waals surface area contributed by atoms with Gasteiger partial charge >= 0.3 is 0 Å². The SMILES string of the molecule is Cc1ccc2nc3c(c(Nc4ccccc4)c2c1)C1CCC3CC1. The van der Waals surface area contributed by atoms with E-state index in [1.807, 2.05) is 0 Å². The summed E-state index contributed by atoms with van der Waals surface area (Å²) in [4.78, 5) is 5.10. The van der Waals surface area contributed by atoms with Crippen molar-refractivity contribution in [2.75, 3.05) is 5.32 Å². The zero-order chi connectivity index (χ0) is 16.1. The van der Waals surface area contributed by atoms with E-state index < -0.39 is 0 Å². The Morgan fingerprint density at radius 1 is 0.917 bits per heavy atom. The molecule has 120 valence electrons. The van der Waals surface area contributed by atoms with Gasteiger partial charge in [0.25, 0.3) is 0 Å². The van der Waals surface area contributed by atoms with Crippen LogP contribution >= 0.6 is 0 Å². The Morgan fingerprint density at radius 2 is 1.67 bits per heavy atom. The highest BCUT2D eigenvalue weighted by molar-refractivity contribution is 5.96. The molecule has 3 aromatic rings. The van der Waals surface area contributed by atoms with E-state index in [0.29, 0.717) is 11.8 Å². The Kier molecular flexibility index (Phi) is 3.12. The van der Waals surface area contributed by atoms with Crippen LogP contribution in [0.3, 0.4) is 0 Å². The maximum Gasteiger partial charge on any atom is 0.0726 e. The number of pyridine rings is 1. The Bertz CT molecular complexity index is 906. The summed E-state index contributed by atoms with van der Waals surface area (Å²) in [5, 5.41) is 5.02. The first-order valence-electron chi connectivity index (χ1n) is 9.06. The number of aromatic nitrogens is 1. The van der Waals surface area contributed by atoms with E-state index in [4.69, 9.17) is 4.98 Å². The minimum absolute atomic E-state index is 0.659. The predicted molar refractivity (Wildman–Crippen MR) is 100 cm³/mol. The van der Waals surface area contributed by atoms with E-state index in [1.165, 1.54) is 53.6 Å². The fraction of sp³-hybridized carbons (Fsp3) is 0.318. The van der Waals surface area contributed by atoms with E-state index >= 15 is 0 Å². The average Bonchev–Trinajstić information content (AvgIpc) is 2.63. The van der Waals surface area contributed by atoms with Crippen LogP contribution in [-0.2, 0) is 0 Å². The molecule has 3 aliphatic rings. The standard InChI is InChI=1S/C22H22N2/c1-14-7-12-19-18(13-14)22(23-17-5-3-2-4-6-17)20-15-8-10-16(11-9-15)21(20)24-19/h2-7,12-13,15-16H,8-11H2,1H3,(H,23,24). The van der Waals surface area contributed by atoms with Gasteiger partial charge in [0, 0.05) is 28.2 Å². The minimum Gasteiger partial charge on any atom is -0.355 e. The highest BCUT2D eigenvalue weighted by Crippen LogP contribution is 2.52. The maximum atomic E-state index is 5.10. The molecule has 1 heterocycles. The van der Waals surface area contributed by atoms with Crippen LogP contribution in [0.25, 0.3) is 10.9 Å². The Labute approximate surface area is 142 Å². The normalized spacial score (nSPS) is 21.7. The van der Waals surface area contributed by atoms with Crippen LogP contribution in [0.4, 0.5) is 11.4 Å². The predicted octanol–water partition coefficient (Wildman–Crippen LogP) is 6.04. The summed E-state index contributed by atoms with van der Waals surface area (Å²) in [6.07, 6.45) is 5.26. The van der Waals surface area contributed by atoms with E-state index in [2.05, 4.69) is 60.8 Å². The van der Waals surface area contributed by atoms with Crippen molar-refractivity contribution < 1.29 is 0 Å². The second-order valence-electron chi connectivity index (χ2n) is 7.35. The van der Waals surface area contributed by atoms with Gasteiger partial charge in [-0.1, -0.05) is 29.8 Å². The summed E-state index contributed by atoms with van der Waals surface area (Å²) in [5.41, 5.74) is 7.76. The molecule has 1 N–H and O–H groups in total. The van der Waals surface area contributed by atoms with Gasteiger partial charge in [0.15, 0.2) is 0 Å². The van der Waals surface area contributed by atoms with Crippen LogP contribution < -0.4 is 5.32 Å². The molecule has 1 fully saturated rings. The average molecular weight is 314 g/mol. The van der Waals surface area contributed by atoms with Gasteiger partial charge in [0.2, 0.25) is 0 Å².